The summed E-state index contributed by atoms with van der Waals surface area (Å²) >= 11 is 0. The van der Waals surface area contributed by atoms with Gasteiger partial charge in [0.25, 0.3) is 0 Å². The standard InChI is InChI=1S/C10H21N3O2/c1-15-8-4-7-13-6-3-2-5-9(13)10(11)12-14/h9,14H,2-8H2,1H3,(H2,11,12). The van der Waals surface area contributed by atoms with Gasteiger partial charge < -0.3 is 15.7 Å². The molecule has 1 aliphatic heterocycles. The number of nitrogens with two attached hydrogens (primary N) is 1. The number of oxime groups is 1. The van der Waals surface area contributed by atoms with Crippen molar-refractivity contribution in [2.75, 3.05) is 26.8 Å². The molecule has 5 heteroatoms. The summed E-state index contributed by atoms with van der Waals surface area (Å²) in [6.07, 6.45) is 4.33. The van der Waals surface area contributed by atoms with Crippen LogP contribution in [0.4, 0.5) is 0 Å². The molecular weight excluding hydrogens is 194 g/mol. The molecule has 0 radical (unpaired) electrons. The molecule has 1 heterocycles. The van der Waals surface area contributed by atoms with Crippen molar-refractivity contribution in [3.63, 3.8) is 0 Å². The molecule has 0 spiro atoms. The van der Waals surface area contributed by atoms with E-state index in [1.807, 2.05) is 0 Å². The van der Waals surface area contributed by atoms with Crippen molar-refractivity contribution in [3.8, 4) is 0 Å². The molecule has 0 saturated carbocycles. The molecule has 1 fully saturated rings. The molecule has 88 valence electrons. The maximum atomic E-state index is 8.69. The molecule has 0 aromatic rings. The fourth-order valence-electron chi connectivity index (χ4n) is 2.07. The normalized spacial score (nSPS) is 24.3. The van der Waals surface area contributed by atoms with E-state index in [9.17, 15) is 0 Å². The van der Waals surface area contributed by atoms with Crippen molar-refractivity contribution in [1.82, 2.24) is 4.90 Å². The maximum absolute atomic E-state index is 8.69. The van der Waals surface area contributed by atoms with Crippen molar-refractivity contribution >= 4 is 5.84 Å². The average molecular weight is 215 g/mol. The van der Waals surface area contributed by atoms with Gasteiger partial charge in [-0.15, -0.1) is 0 Å². The molecule has 1 unspecified atom stereocenters. The number of likely N-dealkylation sites (tertiary alicyclic amines) is 1. The number of nitrogens with zero attached hydrogens (tertiary/aromatic N) is 2. The lowest BCUT2D eigenvalue weighted by atomic mass is 10.0. The Morgan fingerprint density at radius 2 is 2.40 bits per heavy atom. The summed E-state index contributed by atoms with van der Waals surface area (Å²) in [6, 6.07) is 0.112. The number of amidine groups is 1. The highest BCUT2D eigenvalue weighted by molar-refractivity contribution is 5.85. The molecule has 5 nitrogen and oxygen atoms in total. The minimum atomic E-state index is 0.112. The van der Waals surface area contributed by atoms with Crippen molar-refractivity contribution in [3.05, 3.63) is 0 Å². The van der Waals surface area contributed by atoms with Gasteiger partial charge in [0.15, 0.2) is 5.84 Å². The molecule has 3 N–H and O–H groups in total. The highest BCUT2D eigenvalue weighted by Crippen LogP contribution is 2.17. The number of methoxy groups -OCH3 is 1. The zero-order chi connectivity index (χ0) is 11.1. The lowest BCUT2D eigenvalue weighted by Gasteiger charge is -2.34. The maximum Gasteiger partial charge on any atom is 0.156 e. The predicted molar refractivity (Wildman–Crippen MR) is 59.1 cm³/mol. The van der Waals surface area contributed by atoms with Gasteiger partial charge in [-0.3, -0.25) is 4.90 Å². The topological polar surface area (TPSA) is 71.1 Å². The van der Waals surface area contributed by atoms with Crippen LogP contribution >= 0.6 is 0 Å². The van der Waals surface area contributed by atoms with E-state index in [-0.39, 0.29) is 6.04 Å². The van der Waals surface area contributed by atoms with Crippen molar-refractivity contribution in [2.24, 2.45) is 10.9 Å². The molecule has 0 aromatic carbocycles. The Morgan fingerprint density at radius 3 is 3.07 bits per heavy atom. The van der Waals surface area contributed by atoms with E-state index in [0.29, 0.717) is 5.84 Å². The Balaban J connectivity index is 2.43. The van der Waals surface area contributed by atoms with E-state index in [1.54, 1.807) is 7.11 Å². The number of piperidine rings is 1. The van der Waals surface area contributed by atoms with Crippen molar-refractivity contribution in [2.45, 2.75) is 31.7 Å². The quantitative estimate of drug-likeness (QED) is 0.232. The average Bonchev–Trinajstić information content (AvgIpc) is 2.29. The van der Waals surface area contributed by atoms with Crippen LogP contribution in [-0.2, 0) is 4.74 Å². The summed E-state index contributed by atoms with van der Waals surface area (Å²) in [5.74, 6) is 0.340. The number of hydrogen-bond donors (Lipinski definition) is 2. The second-order valence-electron chi connectivity index (χ2n) is 3.92. The Morgan fingerprint density at radius 1 is 1.60 bits per heavy atom. The second-order valence-corrected chi connectivity index (χ2v) is 3.92. The summed E-state index contributed by atoms with van der Waals surface area (Å²) in [4.78, 5) is 2.28. The third-order valence-electron chi connectivity index (χ3n) is 2.86. The van der Waals surface area contributed by atoms with Crippen LogP contribution in [0.15, 0.2) is 5.16 Å². The van der Waals surface area contributed by atoms with Gasteiger partial charge in [-0.05, 0) is 25.8 Å². The van der Waals surface area contributed by atoms with E-state index in [2.05, 4.69) is 10.1 Å². The smallest absolute Gasteiger partial charge is 0.156 e. The zero-order valence-electron chi connectivity index (χ0n) is 9.35. The first-order valence-electron chi connectivity index (χ1n) is 5.50. The molecule has 0 amide bonds. The Bertz CT molecular complexity index is 209. The second kappa shape index (κ2) is 6.63. The summed E-state index contributed by atoms with van der Waals surface area (Å²) in [5, 5.41) is 11.8. The molecular formula is C10H21N3O2. The molecule has 1 rings (SSSR count). The summed E-state index contributed by atoms with van der Waals surface area (Å²) < 4.78 is 5.02. The van der Waals surface area contributed by atoms with Crippen LogP contribution in [0, 0.1) is 0 Å². The van der Waals surface area contributed by atoms with Gasteiger partial charge in [0.2, 0.25) is 0 Å². The minimum Gasteiger partial charge on any atom is -0.409 e. The minimum absolute atomic E-state index is 0.112. The molecule has 0 bridgehead atoms. The third-order valence-corrected chi connectivity index (χ3v) is 2.86. The van der Waals surface area contributed by atoms with E-state index < -0.39 is 0 Å². The monoisotopic (exact) mass is 215 g/mol. The van der Waals surface area contributed by atoms with E-state index in [0.717, 1.165) is 39.0 Å². The van der Waals surface area contributed by atoms with Crippen molar-refractivity contribution in [1.29, 1.82) is 0 Å². The molecule has 0 aromatic heterocycles. The first-order chi connectivity index (χ1) is 7.29. The Kier molecular flexibility index (Phi) is 5.42. The SMILES string of the molecule is COCCCN1CCCCC1C(N)=NO. The molecule has 1 atom stereocenters. The van der Waals surface area contributed by atoms with Crippen LogP contribution in [0.5, 0.6) is 0 Å². The largest absolute Gasteiger partial charge is 0.409 e. The van der Waals surface area contributed by atoms with Crippen LogP contribution in [0.2, 0.25) is 0 Å². The summed E-state index contributed by atoms with van der Waals surface area (Å²) in [7, 11) is 1.71. The van der Waals surface area contributed by atoms with Crippen LogP contribution in [0.1, 0.15) is 25.7 Å². The first kappa shape index (κ1) is 12.3. The summed E-state index contributed by atoms with van der Waals surface area (Å²) in [6.45, 7) is 2.75. The van der Waals surface area contributed by atoms with Gasteiger partial charge in [0, 0.05) is 20.3 Å². The highest BCUT2D eigenvalue weighted by Gasteiger charge is 2.25. The zero-order valence-corrected chi connectivity index (χ0v) is 9.35. The van der Waals surface area contributed by atoms with Gasteiger partial charge >= 0.3 is 0 Å². The molecule has 1 aliphatic rings. The van der Waals surface area contributed by atoms with Gasteiger partial charge in [-0.25, -0.2) is 0 Å². The van der Waals surface area contributed by atoms with Gasteiger partial charge in [-0.1, -0.05) is 11.6 Å². The Hall–Kier alpha value is -0.810. The fraction of sp³-hybridized carbons (Fsp3) is 0.900. The number of rotatable bonds is 5. The van der Waals surface area contributed by atoms with E-state index in [4.69, 9.17) is 15.7 Å². The fourth-order valence-corrected chi connectivity index (χ4v) is 2.07. The van der Waals surface area contributed by atoms with E-state index in [1.165, 1.54) is 6.42 Å². The number of hydrogen-bond acceptors (Lipinski definition) is 4. The molecule has 15 heavy (non-hydrogen) atoms. The predicted octanol–water partition coefficient (Wildman–Crippen LogP) is 0.624. The summed E-state index contributed by atoms with van der Waals surface area (Å²) in [5.41, 5.74) is 5.67. The number of ether oxygens (including phenoxy) is 1. The van der Waals surface area contributed by atoms with Gasteiger partial charge in [0.05, 0.1) is 6.04 Å². The van der Waals surface area contributed by atoms with Crippen LogP contribution in [0.3, 0.4) is 0 Å². The third kappa shape index (κ3) is 3.68. The van der Waals surface area contributed by atoms with Crippen LogP contribution < -0.4 is 5.73 Å². The van der Waals surface area contributed by atoms with Gasteiger partial charge in [0.1, 0.15) is 0 Å². The molecule has 1 saturated heterocycles. The Labute approximate surface area is 90.9 Å². The first-order valence-corrected chi connectivity index (χ1v) is 5.50. The van der Waals surface area contributed by atoms with Crippen LogP contribution in [0.25, 0.3) is 0 Å². The lowest BCUT2D eigenvalue weighted by molar-refractivity contribution is 0.145. The van der Waals surface area contributed by atoms with Gasteiger partial charge in [-0.2, -0.15) is 0 Å². The molecule has 0 aliphatic carbocycles. The lowest BCUT2D eigenvalue weighted by Crippen LogP contribution is -2.48. The van der Waals surface area contributed by atoms with Crippen molar-refractivity contribution < 1.29 is 9.94 Å². The van der Waals surface area contributed by atoms with E-state index >= 15 is 0 Å². The highest BCUT2D eigenvalue weighted by atomic mass is 16.5. The van der Waals surface area contributed by atoms with Crippen LogP contribution in [-0.4, -0.2) is 48.8 Å².